The summed E-state index contributed by atoms with van der Waals surface area (Å²) < 4.78 is 2.48. The summed E-state index contributed by atoms with van der Waals surface area (Å²) in [6.07, 6.45) is 11.3. The molecule has 2 nitrogen and oxygen atoms in total. The summed E-state index contributed by atoms with van der Waals surface area (Å²) in [6, 6.07) is 26.7. The molecule has 208 valence electrons. The fourth-order valence-electron chi connectivity index (χ4n) is 7.38. The number of fused-ring (bicyclic) bond motifs is 6. The highest BCUT2D eigenvalue weighted by Gasteiger charge is 2.46. The van der Waals surface area contributed by atoms with Crippen molar-refractivity contribution in [2.24, 2.45) is 0 Å². The highest BCUT2D eigenvalue weighted by Crippen LogP contribution is 2.53. The van der Waals surface area contributed by atoms with Crippen molar-refractivity contribution in [1.29, 1.82) is 0 Å². The van der Waals surface area contributed by atoms with Gasteiger partial charge in [0.25, 0.3) is 0 Å². The Morgan fingerprint density at radius 1 is 0.707 bits per heavy atom. The van der Waals surface area contributed by atoms with E-state index in [0.29, 0.717) is 0 Å². The summed E-state index contributed by atoms with van der Waals surface area (Å²) in [5.74, 6) is 0. The Bertz CT molecular complexity index is 1800. The van der Waals surface area contributed by atoms with Crippen LogP contribution in [0.2, 0.25) is 0 Å². The standard InChI is InChI=1S/C39H43N2/c1-9-40-31-25-23-27-17-13-15-19-29(27)35(31)38(5,6)33(40)21-11-10-12-22-34-39(7,8)36-30-20-16-14-18-28(30)24-26-32(36)41(34)37(2,3)4/h10-26H,9H2,1-8H3/q+1. The van der Waals surface area contributed by atoms with E-state index in [1.54, 1.807) is 0 Å². The van der Waals surface area contributed by atoms with Crippen molar-refractivity contribution in [2.75, 3.05) is 11.4 Å². The second-order valence-corrected chi connectivity index (χ2v) is 13.5. The van der Waals surface area contributed by atoms with Crippen LogP contribution >= 0.6 is 0 Å². The van der Waals surface area contributed by atoms with Gasteiger partial charge in [0, 0.05) is 40.0 Å². The van der Waals surface area contributed by atoms with Gasteiger partial charge in [-0.1, -0.05) is 86.7 Å². The molecule has 0 saturated heterocycles. The van der Waals surface area contributed by atoms with Gasteiger partial charge < -0.3 is 4.90 Å². The Balaban J connectivity index is 1.37. The predicted molar refractivity (Wildman–Crippen MR) is 178 cm³/mol. The molecule has 0 saturated carbocycles. The number of hydrogen-bond donors (Lipinski definition) is 0. The first-order valence-corrected chi connectivity index (χ1v) is 15.0. The Kier molecular flexibility index (Phi) is 6.37. The summed E-state index contributed by atoms with van der Waals surface area (Å²) in [7, 11) is 0. The zero-order valence-electron chi connectivity index (χ0n) is 25.9. The monoisotopic (exact) mass is 539 g/mol. The van der Waals surface area contributed by atoms with Gasteiger partial charge in [-0.2, -0.15) is 4.58 Å². The van der Waals surface area contributed by atoms with Crippen LogP contribution in [0.5, 0.6) is 0 Å². The van der Waals surface area contributed by atoms with E-state index in [9.17, 15) is 0 Å². The fraction of sp³-hybridized carbons (Fsp3) is 0.308. The maximum Gasteiger partial charge on any atom is 0.210 e. The van der Waals surface area contributed by atoms with E-state index in [1.807, 2.05) is 0 Å². The molecule has 0 amide bonds. The van der Waals surface area contributed by atoms with Crippen LogP contribution < -0.4 is 4.90 Å². The third-order valence-corrected chi connectivity index (χ3v) is 9.13. The molecule has 2 heterocycles. The zero-order chi connectivity index (χ0) is 29.2. The Hall–Kier alpha value is -3.91. The van der Waals surface area contributed by atoms with Crippen molar-refractivity contribution in [3.63, 3.8) is 0 Å². The van der Waals surface area contributed by atoms with Crippen molar-refractivity contribution >= 4 is 38.6 Å². The van der Waals surface area contributed by atoms with Gasteiger partial charge in [0.05, 0.1) is 5.41 Å². The molecule has 0 fully saturated rings. The van der Waals surface area contributed by atoms with Crippen LogP contribution in [0.25, 0.3) is 21.5 Å². The molecule has 0 atom stereocenters. The smallest absolute Gasteiger partial charge is 0.210 e. The summed E-state index contributed by atoms with van der Waals surface area (Å²) in [4.78, 5) is 2.54. The lowest BCUT2D eigenvalue weighted by molar-refractivity contribution is -0.433. The molecule has 0 aromatic heterocycles. The first-order chi connectivity index (χ1) is 19.5. The lowest BCUT2D eigenvalue weighted by atomic mass is 9.79. The number of anilines is 1. The average molecular weight is 540 g/mol. The highest BCUT2D eigenvalue weighted by molar-refractivity contribution is 6.07. The summed E-state index contributed by atoms with van der Waals surface area (Å²) in [6.45, 7) is 19.6. The topological polar surface area (TPSA) is 6.25 Å². The van der Waals surface area contributed by atoms with Crippen LogP contribution in [-0.2, 0) is 10.8 Å². The SMILES string of the molecule is CC[N+]1=C(/C=C/C=C/C=C2/N(C(C)(C)C)c3ccc4ccccc4c3C2(C)C)C(C)(C)c2c1ccc1ccccc21. The molecule has 0 unspecified atom stereocenters. The van der Waals surface area contributed by atoms with Crippen LogP contribution in [0.4, 0.5) is 11.4 Å². The Labute approximate surface area is 246 Å². The minimum atomic E-state index is -0.110. The van der Waals surface area contributed by atoms with Crippen LogP contribution in [0.3, 0.4) is 0 Å². The van der Waals surface area contributed by atoms with E-state index >= 15 is 0 Å². The van der Waals surface area contributed by atoms with Gasteiger partial charge in [-0.3, -0.25) is 0 Å². The maximum absolute atomic E-state index is 2.54. The van der Waals surface area contributed by atoms with Crippen molar-refractivity contribution in [3.05, 3.63) is 120 Å². The molecule has 2 heteroatoms. The Morgan fingerprint density at radius 2 is 1.32 bits per heavy atom. The maximum atomic E-state index is 2.54. The molecule has 0 N–H and O–H groups in total. The van der Waals surface area contributed by atoms with Gasteiger partial charge in [0.15, 0.2) is 5.71 Å². The van der Waals surface area contributed by atoms with Crippen LogP contribution in [0, 0.1) is 0 Å². The third kappa shape index (κ3) is 4.19. The largest absolute Gasteiger partial charge is 0.339 e. The number of nitrogens with zero attached hydrogens (tertiary/aromatic N) is 2. The highest BCUT2D eigenvalue weighted by atomic mass is 15.2. The minimum absolute atomic E-state index is 0.0413. The molecule has 2 aliphatic heterocycles. The second kappa shape index (κ2) is 9.58. The molecule has 2 aliphatic rings. The van der Waals surface area contributed by atoms with Crippen LogP contribution in [0.1, 0.15) is 66.5 Å². The lowest BCUT2D eigenvalue weighted by Crippen LogP contribution is -2.41. The second-order valence-electron chi connectivity index (χ2n) is 13.5. The number of benzene rings is 4. The van der Waals surface area contributed by atoms with Crippen molar-refractivity contribution in [3.8, 4) is 0 Å². The number of rotatable bonds is 4. The lowest BCUT2D eigenvalue weighted by Gasteiger charge is -2.38. The van der Waals surface area contributed by atoms with Gasteiger partial charge in [-0.25, -0.2) is 0 Å². The quantitative estimate of drug-likeness (QED) is 0.185. The molecule has 4 aromatic rings. The summed E-state index contributed by atoms with van der Waals surface area (Å²) >= 11 is 0. The summed E-state index contributed by atoms with van der Waals surface area (Å²) in [5, 5.41) is 5.32. The predicted octanol–water partition coefficient (Wildman–Crippen LogP) is 9.98. The minimum Gasteiger partial charge on any atom is -0.339 e. The van der Waals surface area contributed by atoms with Crippen LogP contribution in [-0.4, -0.2) is 22.4 Å². The van der Waals surface area contributed by atoms with E-state index < -0.39 is 0 Å². The molecule has 0 spiro atoms. The molecule has 0 bridgehead atoms. The average Bonchev–Trinajstić information content (AvgIpc) is 3.31. The Morgan fingerprint density at radius 3 is 1.95 bits per heavy atom. The normalized spacial score (nSPS) is 18.9. The molecular formula is C39H43N2+. The zero-order valence-corrected chi connectivity index (χ0v) is 25.9. The van der Waals surface area contributed by atoms with Crippen molar-refractivity contribution in [1.82, 2.24) is 0 Å². The van der Waals surface area contributed by atoms with E-state index in [-0.39, 0.29) is 16.4 Å². The van der Waals surface area contributed by atoms with Crippen LogP contribution in [0.15, 0.2) is 109 Å². The van der Waals surface area contributed by atoms with E-state index in [1.165, 1.54) is 55.5 Å². The molecule has 0 aliphatic carbocycles. The van der Waals surface area contributed by atoms with Gasteiger partial charge >= 0.3 is 0 Å². The van der Waals surface area contributed by atoms with Gasteiger partial charge in [0.2, 0.25) is 5.69 Å². The number of allylic oxidation sites excluding steroid dienone is 6. The summed E-state index contributed by atoms with van der Waals surface area (Å²) in [5.41, 5.74) is 7.97. The van der Waals surface area contributed by atoms with Gasteiger partial charge in [-0.15, -0.1) is 0 Å². The molecular weight excluding hydrogens is 496 g/mol. The third-order valence-electron chi connectivity index (χ3n) is 9.13. The molecule has 0 radical (unpaired) electrons. The number of hydrogen-bond acceptors (Lipinski definition) is 1. The van der Waals surface area contributed by atoms with Gasteiger partial charge in [0.1, 0.15) is 6.54 Å². The van der Waals surface area contributed by atoms with E-state index in [4.69, 9.17) is 0 Å². The van der Waals surface area contributed by atoms with Gasteiger partial charge in [-0.05, 0) is 86.9 Å². The molecule has 6 rings (SSSR count). The molecule has 41 heavy (non-hydrogen) atoms. The molecule has 4 aromatic carbocycles. The van der Waals surface area contributed by atoms with E-state index in [0.717, 1.165) is 6.54 Å². The first-order valence-electron chi connectivity index (χ1n) is 15.0. The fourth-order valence-corrected chi connectivity index (χ4v) is 7.38. The van der Waals surface area contributed by atoms with Crippen molar-refractivity contribution < 1.29 is 4.58 Å². The van der Waals surface area contributed by atoms with Crippen molar-refractivity contribution in [2.45, 2.75) is 71.8 Å². The van der Waals surface area contributed by atoms with E-state index in [2.05, 4.69) is 168 Å². The first kappa shape index (κ1) is 27.3.